The lowest BCUT2D eigenvalue weighted by atomic mass is 9.80. The van der Waals surface area contributed by atoms with Gasteiger partial charge in [-0.3, -0.25) is 4.57 Å². The summed E-state index contributed by atoms with van der Waals surface area (Å²) in [6, 6.07) is 14.1. The van der Waals surface area contributed by atoms with Crippen molar-refractivity contribution in [3.63, 3.8) is 0 Å². The molecule has 6 rings (SSSR count). The van der Waals surface area contributed by atoms with Gasteiger partial charge in [-0.1, -0.05) is 36.4 Å². The summed E-state index contributed by atoms with van der Waals surface area (Å²) in [6.45, 7) is 0. The van der Waals surface area contributed by atoms with Gasteiger partial charge in [-0.2, -0.15) is 0 Å². The molecule has 0 saturated heterocycles. The number of aromatic hydroxyl groups is 1. The maximum Gasteiger partial charge on any atom is 0.336 e. The Hall–Kier alpha value is -2.49. The average Bonchev–Trinajstić information content (AvgIpc) is 2.89. The van der Waals surface area contributed by atoms with Gasteiger partial charge in [0.2, 0.25) is 5.88 Å². The molecular weight excluding hydrogens is 288 g/mol. The van der Waals surface area contributed by atoms with E-state index in [1.807, 2.05) is 47.0 Å². The Morgan fingerprint density at radius 1 is 0.957 bits per heavy atom. The van der Waals surface area contributed by atoms with Crippen molar-refractivity contribution in [1.82, 2.24) is 9.13 Å². The van der Waals surface area contributed by atoms with Crippen LogP contribution in [0.1, 0.15) is 43.3 Å². The summed E-state index contributed by atoms with van der Waals surface area (Å²) in [4.78, 5) is 13.0. The molecule has 3 aliphatic rings. The van der Waals surface area contributed by atoms with Crippen LogP contribution in [-0.2, 0) is 0 Å². The van der Waals surface area contributed by atoms with Crippen LogP contribution in [-0.4, -0.2) is 14.2 Å². The minimum absolute atomic E-state index is 0.0942. The summed E-state index contributed by atoms with van der Waals surface area (Å²) in [5.41, 5.74) is 1.53. The molecule has 1 saturated carbocycles. The number of nitrogens with zero attached hydrogens (tertiary/aromatic N) is 2. The molecule has 0 atom stereocenters. The van der Waals surface area contributed by atoms with Crippen LogP contribution in [0.5, 0.6) is 5.88 Å². The number of hydrogen-bond donors (Lipinski definition) is 1. The summed E-state index contributed by atoms with van der Waals surface area (Å²) in [5, 5.41) is 12.9. The Morgan fingerprint density at radius 3 is 2.48 bits per heavy atom. The van der Waals surface area contributed by atoms with Gasteiger partial charge in [0.25, 0.3) is 0 Å². The highest BCUT2D eigenvalue weighted by molar-refractivity contribution is 5.90. The first-order chi connectivity index (χ1) is 11.3. The quantitative estimate of drug-likeness (QED) is 0.745. The summed E-state index contributed by atoms with van der Waals surface area (Å²) >= 11 is 0. The first kappa shape index (κ1) is 13.0. The number of benzene rings is 2. The molecule has 4 nitrogen and oxygen atoms in total. The van der Waals surface area contributed by atoms with E-state index in [4.69, 9.17) is 0 Å². The van der Waals surface area contributed by atoms with Crippen molar-refractivity contribution in [2.45, 2.75) is 37.6 Å². The molecular formula is C19H18N2O2. The molecule has 4 heteroatoms. The summed E-state index contributed by atoms with van der Waals surface area (Å²) < 4.78 is 3.36. The lowest BCUT2D eigenvalue weighted by Crippen LogP contribution is -2.34. The predicted octanol–water partition coefficient (Wildman–Crippen LogP) is 3.71. The second-order valence-corrected chi connectivity index (χ2v) is 6.70. The predicted molar refractivity (Wildman–Crippen MR) is 89.4 cm³/mol. The van der Waals surface area contributed by atoms with Crippen molar-refractivity contribution in [3.05, 3.63) is 58.6 Å². The normalized spacial score (nSPS) is 22.4. The van der Waals surface area contributed by atoms with Crippen LogP contribution in [0.4, 0.5) is 0 Å². The zero-order valence-electron chi connectivity index (χ0n) is 12.8. The lowest BCUT2D eigenvalue weighted by Gasteiger charge is -2.36. The topological polar surface area (TPSA) is 47.2 Å². The van der Waals surface area contributed by atoms with E-state index in [0.29, 0.717) is 5.92 Å². The van der Waals surface area contributed by atoms with E-state index in [1.54, 1.807) is 0 Å². The Kier molecular flexibility index (Phi) is 2.55. The van der Waals surface area contributed by atoms with Crippen LogP contribution in [0.2, 0.25) is 0 Å². The summed E-state index contributed by atoms with van der Waals surface area (Å²) in [5.74, 6) is 0.463. The SMILES string of the molecule is O=c1n(-c2cccc3ccccc23)c(O)c2n1C1CCC2CC1. The first-order valence-corrected chi connectivity index (χ1v) is 8.30. The van der Waals surface area contributed by atoms with E-state index in [2.05, 4.69) is 0 Å². The number of imidazole rings is 1. The second-order valence-electron chi connectivity index (χ2n) is 6.70. The molecule has 2 aromatic carbocycles. The van der Waals surface area contributed by atoms with Gasteiger partial charge in [-0.05, 0) is 37.1 Å². The van der Waals surface area contributed by atoms with E-state index in [9.17, 15) is 9.90 Å². The highest BCUT2D eigenvalue weighted by Gasteiger charge is 2.39. The molecule has 0 radical (unpaired) electrons. The Morgan fingerprint density at radius 2 is 1.70 bits per heavy atom. The van der Waals surface area contributed by atoms with Gasteiger partial charge in [0.1, 0.15) is 0 Å². The molecule has 1 fully saturated rings. The van der Waals surface area contributed by atoms with Gasteiger partial charge in [0.05, 0.1) is 11.4 Å². The molecule has 0 spiro atoms. The largest absolute Gasteiger partial charge is 0.493 e. The van der Waals surface area contributed by atoms with Gasteiger partial charge in [0, 0.05) is 17.3 Å². The van der Waals surface area contributed by atoms with Crippen molar-refractivity contribution in [1.29, 1.82) is 0 Å². The van der Waals surface area contributed by atoms with E-state index in [-0.39, 0.29) is 17.6 Å². The molecule has 0 unspecified atom stereocenters. The van der Waals surface area contributed by atoms with Crippen molar-refractivity contribution >= 4 is 10.8 Å². The molecule has 116 valence electrons. The zero-order valence-corrected chi connectivity index (χ0v) is 12.8. The molecule has 2 aliphatic heterocycles. The Bertz CT molecular complexity index is 969. The fraction of sp³-hybridized carbons (Fsp3) is 0.316. The summed E-state index contributed by atoms with van der Waals surface area (Å²) in [6.07, 6.45) is 4.27. The van der Waals surface area contributed by atoms with Crippen molar-refractivity contribution in [2.75, 3.05) is 0 Å². The minimum atomic E-state index is -0.0942. The van der Waals surface area contributed by atoms with E-state index in [0.717, 1.165) is 47.8 Å². The van der Waals surface area contributed by atoms with Gasteiger partial charge < -0.3 is 5.11 Å². The molecule has 1 aliphatic carbocycles. The number of aromatic nitrogens is 2. The third-order valence-electron chi connectivity index (χ3n) is 5.55. The highest BCUT2D eigenvalue weighted by Crippen LogP contribution is 2.47. The molecule has 1 aromatic heterocycles. The monoisotopic (exact) mass is 306 g/mol. The lowest BCUT2D eigenvalue weighted by molar-refractivity contribution is 0.249. The third-order valence-corrected chi connectivity index (χ3v) is 5.55. The van der Waals surface area contributed by atoms with Gasteiger partial charge >= 0.3 is 5.69 Å². The first-order valence-electron chi connectivity index (χ1n) is 8.30. The second kappa shape index (κ2) is 4.51. The van der Waals surface area contributed by atoms with Crippen molar-refractivity contribution < 1.29 is 5.11 Å². The fourth-order valence-electron chi connectivity index (χ4n) is 4.48. The average molecular weight is 306 g/mol. The van der Waals surface area contributed by atoms with Crippen molar-refractivity contribution in [2.24, 2.45) is 0 Å². The maximum atomic E-state index is 13.0. The maximum absolute atomic E-state index is 13.0. The number of hydrogen-bond acceptors (Lipinski definition) is 2. The van der Waals surface area contributed by atoms with Gasteiger partial charge in [-0.25, -0.2) is 9.36 Å². The standard InChI is InChI=1S/C19H18N2O2/c22-18-17-13-8-10-14(11-9-13)20(17)19(23)21(18)16-7-3-5-12-4-1-2-6-15(12)16/h1-7,13-14,22H,8-11H2. The smallest absolute Gasteiger partial charge is 0.336 e. The number of rotatable bonds is 1. The van der Waals surface area contributed by atoms with E-state index < -0.39 is 0 Å². The third kappa shape index (κ3) is 1.63. The van der Waals surface area contributed by atoms with Gasteiger partial charge in [-0.15, -0.1) is 0 Å². The molecule has 3 aromatic rings. The molecule has 0 amide bonds. The van der Waals surface area contributed by atoms with Gasteiger partial charge in [0.15, 0.2) is 0 Å². The summed E-state index contributed by atoms with van der Waals surface area (Å²) in [7, 11) is 0. The highest BCUT2D eigenvalue weighted by atomic mass is 16.3. The zero-order chi connectivity index (χ0) is 15.6. The van der Waals surface area contributed by atoms with Crippen LogP contribution in [0.3, 0.4) is 0 Å². The van der Waals surface area contributed by atoms with E-state index in [1.165, 1.54) is 4.57 Å². The van der Waals surface area contributed by atoms with Crippen LogP contribution in [0.25, 0.3) is 16.5 Å². The molecule has 3 heterocycles. The van der Waals surface area contributed by atoms with Crippen LogP contribution < -0.4 is 5.69 Å². The minimum Gasteiger partial charge on any atom is -0.493 e. The van der Waals surface area contributed by atoms with Crippen LogP contribution >= 0.6 is 0 Å². The van der Waals surface area contributed by atoms with Crippen LogP contribution in [0.15, 0.2) is 47.3 Å². The van der Waals surface area contributed by atoms with Crippen LogP contribution in [0, 0.1) is 0 Å². The molecule has 2 bridgehead atoms. The van der Waals surface area contributed by atoms with E-state index >= 15 is 0 Å². The molecule has 23 heavy (non-hydrogen) atoms. The Labute approximate surface area is 133 Å². The Balaban J connectivity index is 1.85. The number of fused-ring (bicyclic) bond motifs is 3. The molecule has 1 N–H and O–H groups in total. The fourth-order valence-corrected chi connectivity index (χ4v) is 4.48. The van der Waals surface area contributed by atoms with Crippen molar-refractivity contribution in [3.8, 4) is 11.6 Å².